The van der Waals surface area contributed by atoms with Crippen molar-refractivity contribution in [2.45, 2.75) is 26.8 Å². The number of aryl methyl sites for hydroxylation is 2. The molecule has 0 saturated carbocycles. The van der Waals surface area contributed by atoms with E-state index in [-0.39, 0.29) is 6.04 Å². The number of nitrogens with two attached hydrogens (primary N) is 1. The summed E-state index contributed by atoms with van der Waals surface area (Å²) < 4.78 is 5.14. The summed E-state index contributed by atoms with van der Waals surface area (Å²) in [6.07, 6.45) is 1.68. The Morgan fingerprint density at radius 3 is 2.76 bits per heavy atom. The number of rotatable bonds is 3. The molecule has 1 atom stereocenters. The predicted molar refractivity (Wildman–Crippen MR) is 66.7 cm³/mol. The molecule has 2 heterocycles. The number of nitrogen functional groups attached to an aromatic ring is 1. The van der Waals surface area contributed by atoms with Gasteiger partial charge in [0.1, 0.15) is 11.6 Å². The maximum Gasteiger partial charge on any atom is 0.139 e. The van der Waals surface area contributed by atoms with Gasteiger partial charge in [-0.1, -0.05) is 5.16 Å². The van der Waals surface area contributed by atoms with E-state index in [0.29, 0.717) is 5.69 Å². The Balaban J connectivity index is 2.20. The largest absolute Gasteiger partial charge is 0.399 e. The zero-order valence-electron chi connectivity index (χ0n) is 10.2. The number of pyridine rings is 1. The molecular weight excluding hydrogens is 216 g/mol. The standard InChI is InChI=1S/C12H16N4O/c1-7(12-8(2)16-17-9(12)3)15-11-6-10(13)4-5-14-11/h4-7H,1-3H3,(H3,13,14,15). The summed E-state index contributed by atoms with van der Waals surface area (Å²) in [5, 5.41) is 7.21. The van der Waals surface area contributed by atoms with Gasteiger partial charge >= 0.3 is 0 Å². The summed E-state index contributed by atoms with van der Waals surface area (Å²) in [4.78, 5) is 4.21. The number of aromatic nitrogens is 2. The highest BCUT2D eigenvalue weighted by atomic mass is 16.5. The summed E-state index contributed by atoms with van der Waals surface area (Å²) >= 11 is 0. The zero-order chi connectivity index (χ0) is 12.4. The number of nitrogens with one attached hydrogen (secondary N) is 1. The lowest BCUT2D eigenvalue weighted by molar-refractivity contribution is 0.392. The van der Waals surface area contributed by atoms with Crippen LogP contribution in [0.25, 0.3) is 0 Å². The Morgan fingerprint density at radius 1 is 1.41 bits per heavy atom. The van der Waals surface area contributed by atoms with Crippen LogP contribution in [-0.2, 0) is 0 Å². The van der Waals surface area contributed by atoms with Crippen molar-refractivity contribution < 1.29 is 4.52 Å². The second-order valence-corrected chi connectivity index (χ2v) is 4.08. The highest BCUT2D eigenvalue weighted by molar-refractivity contribution is 5.49. The van der Waals surface area contributed by atoms with Gasteiger partial charge in [-0.05, 0) is 26.8 Å². The minimum atomic E-state index is 0.0792. The van der Waals surface area contributed by atoms with Crippen molar-refractivity contribution in [2.24, 2.45) is 0 Å². The normalized spacial score (nSPS) is 12.4. The van der Waals surface area contributed by atoms with Gasteiger partial charge in [0.25, 0.3) is 0 Å². The Kier molecular flexibility index (Phi) is 2.99. The Morgan fingerprint density at radius 2 is 2.18 bits per heavy atom. The zero-order valence-corrected chi connectivity index (χ0v) is 10.2. The van der Waals surface area contributed by atoms with Crippen molar-refractivity contribution in [2.75, 3.05) is 11.1 Å². The molecule has 0 amide bonds. The van der Waals surface area contributed by atoms with Crippen LogP contribution in [0.2, 0.25) is 0 Å². The average Bonchev–Trinajstić information content (AvgIpc) is 2.58. The van der Waals surface area contributed by atoms with Crippen LogP contribution in [0.5, 0.6) is 0 Å². The fourth-order valence-electron chi connectivity index (χ4n) is 1.93. The van der Waals surface area contributed by atoms with E-state index in [1.807, 2.05) is 20.8 Å². The van der Waals surface area contributed by atoms with E-state index in [9.17, 15) is 0 Å². The fraction of sp³-hybridized carbons (Fsp3) is 0.333. The molecule has 0 aromatic carbocycles. The van der Waals surface area contributed by atoms with Crippen molar-refractivity contribution >= 4 is 11.5 Å². The maximum atomic E-state index is 5.70. The van der Waals surface area contributed by atoms with Crippen LogP contribution in [-0.4, -0.2) is 10.1 Å². The molecule has 1 unspecified atom stereocenters. The van der Waals surface area contributed by atoms with E-state index in [1.165, 1.54) is 0 Å². The van der Waals surface area contributed by atoms with Crippen molar-refractivity contribution in [3.8, 4) is 0 Å². The first-order chi connectivity index (χ1) is 8.08. The Labute approximate surface area is 100 Å². The predicted octanol–water partition coefficient (Wildman–Crippen LogP) is 2.44. The van der Waals surface area contributed by atoms with Crippen LogP contribution >= 0.6 is 0 Å². The second kappa shape index (κ2) is 4.45. The summed E-state index contributed by atoms with van der Waals surface area (Å²) in [6, 6.07) is 3.64. The lowest BCUT2D eigenvalue weighted by Crippen LogP contribution is -2.09. The molecule has 0 aliphatic heterocycles. The SMILES string of the molecule is Cc1noc(C)c1C(C)Nc1cc(N)ccn1. The van der Waals surface area contributed by atoms with Crippen LogP contribution in [0.4, 0.5) is 11.5 Å². The second-order valence-electron chi connectivity index (χ2n) is 4.08. The van der Waals surface area contributed by atoms with Gasteiger partial charge in [0.15, 0.2) is 0 Å². The molecular formula is C12H16N4O. The highest BCUT2D eigenvalue weighted by Crippen LogP contribution is 2.24. The molecule has 0 fully saturated rings. The van der Waals surface area contributed by atoms with E-state index in [2.05, 4.69) is 15.5 Å². The number of nitrogens with zero attached hydrogens (tertiary/aromatic N) is 2. The molecule has 5 nitrogen and oxygen atoms in total. The number of anilines is 2. The van der Waals surface area contributed by atoms with Gasteiger partial charge in [0, 0.05) is 23.5 Å². The molecule has 0 spiro atoms. The van der Waals surface area contributed by atoms with Crippen LogP contribution in [0, 0.1) is 13.8 Å². The number of hydrogen-bond acceptors (Lipinski definition) is 5. The van der Waals surface area contributed by atoms with E-state index in [4.69, 9.17) is 10.3 Å². The van der Waals surface area contributed by atoms with Crippen molar-refractivity contribution in [1.29, 1.82) is 0 Å². The first kappa shape index (κ1) is 11.4. The average molecular weight is 232 g/mol. The Bertz CT molecular complexity index is 501. The third kappa shape index (κ3) is 2.38. The van der Waals surface area contributed by atoms with Gasteiger partial charge in [-0.15, -0.1) is 0 Å². The van der Waals surface area contributed by atoms with Gasteiger partial charge in [0.05, 0.1) is 11.7 Å². The third-order valence-corrected chi connectivity index (χ3v) is 2.67. The minimum Gasteiger partial charge on any atom is -0.399 e. The lowest BCUT2D eigenvalue weighted by atomic mass is 10.1. The van der Waals surface area contributed by atoms with Crippen molar-refractivity contribution in [3.63, 3.8) is 0 Å². The molecule has 0 bridgehead atoms. The molecule has 3 N–H and O–H groups in total. The van der Waals surface area contributed by atoms with E-state index >= 15 is 0 Å². The first-order valence-corrected chi connectivity index (χ1v) is 5.48. The van der Waals surface area contributed by atoms with Gasteiger partial charge in [0.2, 0.25) is 0 Å². The fourth-order valence-corrected chi connectivity index (χ4v) is 1.93. The summed E-state index contributed by atoms with van der Waals surface area (Å²) in [7, 11) is 0. The molecule has 0 saturated heterocycles. The molecule has 0 radical (unpaired) electrons. The summed E-state index contributed by atoms with van der Waals surface area (Å²) in [6.45, 7) is 5.87. The molecule has 2 rings (SSSR count). The Hall–Kier alpha value is -2.04. The molecule has 17 heavy (non-hydrogen) atoms. The van der Waals surface area contributed by atoms with Gasteiger partial charge in [-0.2, -0.15) is 0 Å². The molecule has 5 heteroatoms. The maximum absolute atomic E-state index is 5.70. The van der Waals surface area contributed by atoms with Crippen LogP contribution in [0.15, 0.2) is 22.9 Å². The van der Waals surface area contributed by atoms with Gasteiger partial charge in [-0.3, -0.25) is 0 Å². The molecule has 2 aromatic rings. The lowest BCUT2D eigenvalue weighted by Gasteiger charge is -2.14. The van der Waals surface area contributed by atoms with Crippen LogP contribution in [0.3, 0.4) is 0 Å². The van der Waals surface area contributed by atoms with Gasteiger partial charge < -0.3 is 15.6 Å². The quantitative estimate of drug-likeness (QED) is 0.849. The highest BCUT2D eigenvalue weighted by Gasteiger charge is 2.16. The van der Waals surface area contributed by atoms with Crippen LogP contribution < -0.4 is 11.1 Å². The summed E-state index contributed by atoms with van der Waals surface area (Å²) in [5.74, 6) is 1.57. The van der Waals surface area contributed by atoms with Crippen molar-refractivity contribution in [1.82, 2.24) is 10.1 Å². The smallest absolute Gasteiger partial charge is 0.139 e. The van der Waals surface area contributed by atoms with E-state index in [0.717, 1.165) is 22.8 Å². The monoisotopic (exact) mass is 232 g/mol. The van der Waals surface area contributed by atoms with Crippen molar-refractivity contribution in [3.05, 3.63) is 35.3 Å². The van der Waals surface area contributed by atoms with Gasteiger partial charge in [-0.25, -0.2) is 4.98 Å². The van der Waals surface area contributed by atoms with Crippen LogP contribution in [0.1, 0.15) is 30.0 Å². The first-order valence-electron chi connectivity index (χ1n) is 5.48. The van der Waals surface area contributed by atoms with E-state index in [1.54, 1.807) is 18.3 Å². The topological polar surface area (TPSA) is 77.0 Å². The molecule has 0 aliphatic carbocycles. The third-order valence-electron chi connectivity index (χ3n) is 2.67. The molecule has 0 aliphatic rings. The minimum absolute atomic E-state index is 0.0792. The summed E-state index contributed by atoms with van der Waals surface area (Å²) in [5.41, 5.74) is 8.35. The molecule has 2 aromatic heterocycles. The number of hydrogen-bond donors (Lipinski definition) is 2. The van der Waals surface area contributed by atoms with E-state index < -0.39 is 0 Å². The molecule has 90 valence electrons.